The van der Waals surface area contributed by atoms with Crippen LogP contribution in [0.4, 0.5) is 0 Å². The molecule has 1 saturated carbocycles. The van der Waals surface area contributed by atoms with E-state index in [2.05, 4.69) is 0 Å². The van der Waals surface area contributed by atoms with Crippen molar-refractivity contribution in [3.8, 4) is 11.5 Å². The Morgan fingerprint density at radius 3 is 2.14 bits per heavy atom. The number of phenolic OH excluding ortho intramolecular Hbond substituents is 1. The summed E-state index contributed by atoms with van der Waals surface area (Å²) in [4.78, 5) is 56.4. The topological polar surface area (TPSA) is 104 Å². The van der Waals surface area contributed by atoms with E-state index in [1.54, 1.807) is 12.1 Å². The highest BCUT2D eigenvalue weighted by molar-refractivity contribution is 6.08. The fraction of sp³-hybridized carbons (Fsp3) is 0.556. The third-order valence-electron chi connectivity index (χ3n) is 8.28. The molecule has 6 atom stereocenters. The van der Waals surface area contributed by atoms with E-state index in [4.69, 9.17) is 4.74 Å². The van der Waals surface area contributed by atoms with Crippen molar-refractivity contribution in [2.45, 2.75) is 45.4 Å². The zero-order valence-electron chi connectivity index (χ0n) is 20.4. The maximum Gasteiger partial charge on any atom is 0.234 e. The van der Waals surface area contributed by atoms with Gasteiger partial charge in [0.05, 0.1) is 30.8 Å². The Kier molecular flexibility index (Phi) is 5.93. The quantitative estimate of drug-likeness (QED) is 0.496. The van der Waals surface area contributed by atoms with Crippen LogP contribution < -0.4 is 4.74 Å². The molecule has 35 heavy (non-hydrogen) atoms. The fourth-order valence-corrected chi connectivity index (χ4v) is 6.91. The minimum Gasteiger partial charge on any atom is -0.508 e. The van der Waals surface area contributed by atoms with Crippen molar-refractivity contribution in [1.82, 2.24) is 9.80 Å². The van der Waals surface area contributed by atoms with Crippen LogP contribution in [0.15, 0.2) is 29.8 Å². The van der Waals surface area contributed by atoms with Gasteiger partial charge in [-0.25, -0.2) is 0 Å². The second-order valence-electron chi connectivity index (χ2n) is 10.1. The molecule has 0 spiro atoms. The molecule has 1 aromatic carbocycles. The number of amides is 4. The number of imide groups is 2. The monoisotopic (exact) mass is 480 g/mol. The van der Waals surface area contributed by atoms with Crippen LogP contribution in [-0.4, -0.2) is 58.7 Å². The van der Waals surface area contributed by atoms with Gasteiger partial charge in [0.1, 0.15) is 11.5 Å². The maximum absolute atomic E-state index is 13.6. The summed E-state index contributed by atoms with van der Waals surface area (Å²) in [7, 11) is 1.51. The van der Waals surface area contributed by atoms with Crippen LogP contribution >= 0.6 is 0 Å². The molecule has 8 nitrogen and oxygen atoms in total. The van der Waals surface area contributed by atoms with Gasteiger partial charge in [0.25, 0.3) is 0 Å². The predicted octanol–water partition coefficient (Wildman–Crippen LogP) is 2.86. The molecule has 2 saturated heterocycles. The highest BCUT2D eigenvalue weighted by Gasteiger charge is 2.61. The van der Waals surface area contributed by atoms with Crippen molar-refractivity contribution in [3.63, 3.8) is 0 Å². The number of carbonyl (C=O) groups is 4. The number of allylic oxidation sites excluding steroid dienone is 2. The fourth-order valence-electron chi connectivity index (χ4n) is 6.91. The van der Waals surface area contributed by atoms with E-state index >= 15 is 0 Å². The number of nitrogens with zero attached hydrogens (tertiary/aromatic N) is 2. The summed E-state index contributed by atoms with van der Waals surface area (Å²) < 4.78 is 5.59. The molecule has 5 rings (SSSR count). The first-order valence-corrected chi connectivity index (χ1v) is 12.6. The van der Waals surface area contributed by atoms with E-state index in [-0.39, 0.29) is 35.3 Å². The molecule has 2 aliphatic heterocycles. The SMILES string of the molecule is CCCN1C(=O)C2CC=C3C(CC4C(=O)N(CCC)C(=O)C4C3c3ccc(O)cc3OC)C2C1=O. The van der Waals surface area contributed by atoms with Gasteiger partial charge in [-0.3, -0.25) is 29.0 Å². The summed E-state index contributed by atoms with van der Waals surface area (Å²) >= 11 is 0. The summed E-state index contributed by atoms with van der Waals surface area (Å²) in [5.74, 6) is -3.01. The molecule has 0 radical (unpaired) electrons. The van der Waals surface area contributed by atoms with Crippen LogP contribution in [0.25, 0.3) is 0 Å². The first-order valence-electron chi connectivity index (χ1n) is 12.6. The number of fused-ring (bicyclic) bond motifs is 4. The smallest absolute Gasteiger partial charge is 0.234 e. The van der Waals surface area contributed by atoms with E-state index in [9.17, 15) is 24.3 Å². The number of rotatable bonds is 6. The van der Waals surface area contributed by atoms with Gasteiger partial charge in [0.2, 0.25) is 23.6 Å². The number of ether oxygens (including phenoxy) is 1. The van der Waals surface area contributed by atoms with Gasteiger partial charge in [-0.05, 0) is 37.7 Å². The molecule has 0 aromatic heterocycles. The molecule has 6 unspecified atom stereocenters. The van der Waals surface area contributed by atoms with Crippen LogP contribution in [0.3, 0.4) is 0 Å². The number of carbonyl (C=O) groups excluding carboxylic acids is 4. The number of aromatic hydroxyl groups is 1. The summed E-state index contributed by atoms with van der Waals surface area (Å²) in [6, 6.07) is 4.82. The molecule has 2 aliphatic carbocycles. The zero-order valence-corrected chi connectivity index (χ0v) is 20.4. The van der Waals surface area contributed by atoms with Crippen molar-refractivity contribution in [3.05, 3.63) is 35.4 Å². The minimum atomic E-state index is -0.592. The largest absolute Gasteiger partial charge is 0.508 e. The van der Waals surface area contributed by atoms with Crippen LogP contribution in [0.5, 0.6) is 11.5 Å². The lowest BCUT2D eigenvalue weighted by Gasteiger charge is -2.44. The second kappa shape index (κ2) is 8.81. The molecule has 1 N–H and O–H groups in total. The highest BCUT2D eigenvalue weighted by atomic mass is 16.5. The minimum absolute atomic E-state index is 0.0420. The van der Waals surface area contributed by atoms with Gasteiger partial charge in [-0.2, -0.15) is 0 Å². The van der Waals surface area contributed by atoms with E-state index in [1.807, 2.05) is 19.9 Å². The number of likely N-dealkylation sites (tertiary alicyclic amines) is 2. The number of benzene rings is 1. The predicted molar refractivity (Wildman–Crippen MR) is 126 cm³/mol. The van der Waals surface area contributed by atoms with Gasteiger partial charge in [-0.1, -0.05) is 31.6 Å². The van der Waals surface area contributed by atoms with Crippen LogP contribution in [0, 0.1) is 29.6 Å². The Morgan fingerprint density at radius 2 is 1.51 bits per heavy atom. The van der Waals surface area contributed by atoms with Crippen LogP contribution in [0.2, 0.25) is 0 Å². The van der Waals surface area contributed by atoms with E-state index in [0.29, 0.717) is 44.5 Å². The van der Waals surface area contributed by atoms with Crippen molar-refractivity contribution in [2.24, 2.45) is 29.6 Å². The molecular weight excluding hydrogens is 448 g/mol. The molecule has 8 heteroatoms. The Bertz CT molecular complexity index is 1130. The Morgan fingerprint density at radius 1 is 0.886 bits per heavy atom. The van der Waals surface area contributed by atoms with Gasteiger partial charge < -0.3 is 9.84 Å². The van der Waals surface area contributed by atoms with Gasteiger partial charge in [-0.15, -0.1) is 0 Å². The molecule has 4 aliphatic rings. The average Bonchev–Trinajstić information content (AvgIpc) is 3.23. The summed E-state index contributed by atoms with van der Waals surface area (Å²) in [5, 5.41) is 10.0. The summed E-state index contributed by atoms with van der Waals surface area (Å²) in [6.07, 6.45) is 4.22. The van der Waals surface area contributed by atoms with Gasteiger partial charge in [0, 0.05) is 30.6 Å². The van der Waals surface area contributed by atoms with Crippen LogP contribution in [0.1, 0.15) is 51.0 Å². The van der Waals surface area contributed by atoms with Gasteiger partial charge >= 0.3 is 0 Å². The van der Waals surface area contributed by atoms with Crippen molar-refractivity contribution in [1.29, 1.82) is 0 Å². The lowest BCUT2D eigenvalue weighted by molar-refractivity contribution is -0.142. The third-order valence-corrected chi connectivity index (χ3v) is 8.28. The normalized spacial score (nSPS) is 31.9. The number of hydrogen-bond acceptors (Lipinski definition) is 6. The molecule has 4 amide bonds. The first-order chi connectivity index (χ1) is 16.8. The van der Waals surface area contributed by atoms with Crippen molar-refractivity contribution < 1.29 is 29.0 Å². The Balaban J connectivity index is 1.64. The second-order valence-corrected chi connectivity index (χ2v) is 10.1. The lowest BCUT2D eigenvalue weighted by Crippen LogP contribution is -2.43. The highest BCUT2D eigenvalue weighted by Crippen LogP contribution is 2.59. The van der Waals surface area contributed by atoms with Crippen molar-refractivity contribution >= 4 is 23.6 Å². The maximum atomic E-state index is 13.6. The number of methoxy groups -OCH3 is 1. The third kappa shape index (κ3) is 3.40. The summed E-state index contributed by atoms with van der Waals surface area (Å²) in [6.45, 7) is 4.63. The zero-order chi connectivity index (χ0) is 25.0. The molecule has 2 heterocycles. The standard InChI is InChI=1S/C27H32N2O6/c1-4-10-28-24(31)17-9-8-15-18(22(17)26(28)33)13-19-23(27(34)29(11-5-2)25(19)32)21(15)16-7-6-14(30)12-20(16)35-3/h6-8,12,17-19,21-23,30H,4-5,9-11,13H2,1-3H3. The molecular formula is C27H32N2O6. The summed E-state index contributed by atoms with van der Waals surface area (Å²) in [5.41, 5.74) is 1.66. The molecule has 1 aromatic rings. The number of phenols is 1. The molecule has 186 valence electrons. The van der Waals surface area contributed by atoms with Crippen LogP contribution in [-0.2, 0) is 19.2 Å². The Hall–Kier alpha value is -3.16. The molecule has 3 fully saturated rings. The molecule has 0 bridgehead atoms. The average molecular weight is 481 g/mol. The van der Waals surface area contributed by atoms with E-state index in [0.717, 1.165) is 11.1 Å². The lowest BCUT2D eigenvalue weighted by atomic mass is 9.57. The first kappa shape index (κ1) is 23.6. The van der Waals surface area contributed by atoms with E-state index < -0.39 is 29.6 Å². The Labute approximate surface area is 204 Å². The number of hydrogen-bond donors (Lipinski definition) is 1. The van der Waals surface area contributed by atoms with Crippen molar-refractivity contribution in [2.75, 3.05) is 20.2 Å². The van der Waals surface area contributed by atoms with Gasteiger partial charge in [0.15, 0.2) is 0 Å². The van der Waals surface area contributed by atoms with E-state index in [1.165, 1.54) is 23.0 Å².